The van der Waals surface area contributed by atoms with Gasteiger partial charge in [-0.25, -0.2) is 4.79 Å². The predicted octanol–water partition coefficient (Wildman–Crippen LogP) is 4.62. The van der Waals surface area contributed by atoms with Crippen LogP contribution in [0.5, 0.6) is 5.75 Å². The minimum atomic E-state index is -0.573. The number of rotatable bonds is 4. The fraction of sp³-hybridized carbons (Fsp3) is 0. The number of ether oxygens (including phenoxy) is 1. The number of halogens is 1. The number of hydrogen-bond acceptors (Lipinski definition) is 7. The van der Waals surface area contributed by atoms with Crippen LogP contribution in [0.15, 0.2) is 88.7 Å². The number of aliphatic imine (C=N–C) groups is 1. The number of amides is 1. The number of carbonyl (C=O) groups is 2. The van der Waals surface area contributed by atoms with Crippen molar-refractivity contribution in [3.8, 4) is 5.75 Å². The van der Waals surface area contributed by atoms with E-state index in [4.69, 9.17) is 21.7 Å². The molecule has 0 unspecified atom stereocenters. The van der Waals surface area contributed by atoms with E-state index in [0.29, 0.717) is 26.5 Å². The van der Waals surface area contributed by atoms with Gasteiger partial charge in [0.15, 0.2) is 5.84 Å². The first-order chi connectivity index (χ1) is 16.5. The summed E-state index contributed by atoms with van der Waals surface area (Å²) in [6.07, 6.45) is 4.87. The number of esters is 1. The maximum Gasteiger partial charge on any atom is 0.345 e. The van der Waals surface area contributed by atoms with Crippen molar-refractivity contribution < 1.29 is 14.3 Å². The van der Waals surface area contributed by atoms with E-state index in [-0.39, 0.29) is 17.0 Å². The average molecular weight is 488 g/mol. The van der Waals surface area contributed by atoms with E-state index in [1.807, 2.05) is 6.07 Å². The molecule has 2 aromatic carbocycles. The van der Waals surface area contributed by atoms with Gasteiger partial charge in [-0.05, 0) is 59.8 Å². The Balaban J connectivity index is 1.34. The number of hydrazone groups is 1. The Morgan fingerprint density at radius 2 is 1.88 bits per heavy atom. The Morgan fingerprint density at radius 3 is 2.62 bits per heavy atom. The van der Waals surface area contributed by atoms with E-state index >= 15 is 0 Å². The first kappa shape index (κ1) is 21.7. The molecule has 0 spiro atoms. The van der Waals surface area contributed by atoms with Crippen LogP contribution in [0, 0.1) is 5.41 Å². The number of carbonyl (C=O) groups excluding carboxylic acids is 2. The van der Waals surface area contributed by atoms with Gasteiger partial charge >= 0.3 is 5.97 Å². The lowest BCUT2D eigenvalue weighted by molar-refractivity contribution is -0.114. The highest BCUT2D eigenvalue weighted by Gasteiger charge is 2.36. The molecular weight excluding hydrogens is 474 g/mol. The van der Waals surface area contributed by atoms with Gasteiger partial charge in [-0.2, -0.15) is 15.1 Å². The number of pyridine rings is 1. The quantitative estimate of drug-likeness (QED) is 0.327. The first-order valence-electron chi connectivity index (χ1n) is 9.97. The summed E-state index contributed by atoms with van der Waals surface area (Å²) < 4.78 is 5.37. The molecule has 0 fully saturated rings. The minimum Gasteiger partial charge on any atom is -0.423 e. The summed E-state index contributed by atoms with van der Waals surface area (Å²) in [6, 6.07) is 16.8. The summed E-state index contributed by atoms with van der Waals surface area (Å²) >= 11 is 7.25. The topological polar surface area (TPSA) is 108 Å². The summed E-state index contributed by atoms with van der Waals surface area (Å²) in [4.78, 5) is 33.1. The van der Waals surface area contributed by atoms with Crippen LogP contribution in [0.4, 0.5) is 0 Å². The number of thioether (sulfide) groups is 1. The fourth-order valence-electron chi connectivity index (χ4n) is 3.19. The molecule has 8 nitrogen and oxygen atoms in total. The summed E-state index contributed by atoms with van der Waals surface area (Å²) in [5.41, 5.74) is 1.77. The second-order valence-electron chi connectivity index (χ2n) is 7.11. The summed E-state index contributed by atoms with van der Waals surface area (Å²) in [6.45, 7) is 0. The van der Waals surface area contributed by atoms with Crippen LogP contribution in [0.25, 0.3) is 6.08 Å². The number of amidine groups is 2. The SMILES string of the molecule is N=C1/C(=C/c2ccc(OC(=O)c3ccccc3Cl)cc2)C(=O)N=C2SC(c3cccnc3)=NN12. The zero-order chi connectivity index (χ0) is 23.7. The molecule has 0 saturated heterocycles. The summed E-state index contributed by atoms with van der Waals surface area (Å²) in [5.74, 6) is -0.855. The van der Waals surface area contributed by atoms with Gasteiger partial charge in [0.05, 0.1) is 16.2 Å². The maximum atomic E-state index is 12.6. The zero-order valence-electron chi connectivity index (χ0n) is 17.3. The van der Waals surface area contributed by atoms with Crippen LogP contribution in [0.1, 0.15) is 21.5 Å². The Kier molecular flexibility index (Phi) is 5.79. The van der Waals surface area contributed by atoms with E-state index in [1.54, 1.807) is 73.1 Å². The van der Waals surface area contributed by atoms with Gasteiger partial charge in [-0.3, -0.25) is 15.2 Å². The molecule has 1 N–H and O–H groups in total. The molecule has 0 bridgehead atoms. The van der Waals surface area contributed by atoms with Gasteiger partial charge in [0, 0.05) is 18.0 Å². The molecule has 3 heterocycles. The lowest BCUT2D eigenvalue weighted by Gasteiger charge is -2.20. The van der Waals surface area contributed by atoms with Crippen molar-refractivity contribution in [3.63, 3.8) is 0 Å². The molecule has 34 heavy (non-hydrogen) atoms. The normalized spacial score (nSPS) is 16.3. The monoisotopic (exact) mass is 487 g/mol. The molecule has 2 aliphatic heterocycles. The van der Waals surface area contributed by atoms with Gasteiger partial charge in [-0.1, -0.05) is 35.9 Å². The Labute approximate surface area is 203 Å². The predicted molar refractivity (Wildman–Crippen MR) is 131 cm³/mol. The molecular formula is C24H14ClN5O3S. The highest BCUT2D eigenvalue weighted by molar-refractivity contribution is 8.27. The van der Waals surface area contributed by atoms with Crippen molar-refractivity contribution in [2.75, 3.05) is 0 Å². The van der Waals surface area contributed by atoms with E-state index in [9.17, 15) is 9.59 Å². The molecule has 1 amide bonds. The van der Waals surface area contributed by atoms with Crippen LogP contribution >= 0.6 is 23.4 Å². The fourth-order valence-corrected chi connectivity index (χ4v) is 4.28. The lowest BCUT2D eigenvalue weighted by atomic mass is 10.1. The molecule has 2 aliphatic rings. The number of fused-ring (bicyclic) bond motifs is 1. The largest absolute Gasteiger partial charge is 0.423 e. The van der Waals surface area contributed by atoms with Crippen molar-refractivity contribution >= 4 is 57.4 Å². The number of aromatic nitrogens is 1. The Hall–Kier alpha value is -4.08. The Morgan fingerprint density at radius 1 is 1.09 bits per heavy atom. The zero-order valence-corrected chi connectivity index (χ0v) is 18.9. The van der Waals surface area contributed by atoms with Crippen molar-refractivity contribution in [2.45, 2.75) is 0 Å². The number of benzene rings is 2. The molecule has 0 saturated carbocycles. The molecule has 0 atom stereocenters. The number of hydrogen-bond donors (Lipinski definition) is 1. The Bertz CT molecular complexity index is 1420. The molecule has 0 aliphatic carbocycles. The smallest absolute Gasteiger partial charge is 0.345 e. The molecule has 0 radical (unpaired) electrons. The second-order valence-corrected chi connectivity index (χ2v) is 8.47. The summed E-state index contributed by atoms with van der Waals surface area (Å²) in [7, 11) is 0. The van der Waals surface area contributed by atoms with Crippen molar-refractivity contribution in [2.24, 2.45) is 10.1 Å². The van der Waals surface area contributed by atoms with Gasteiger partial charge in [0.25, 0.3) is 5.91 Å². The minimum absolute atomic E-state index is 0.0735. The van der Waals surface area contributed by atoms with Gasteiger partial charge in [0.2, 0.25) is 5.17 Å². The maximum absolute atomic E-state index is 12.6. The standard InChI is InChI=1S/C24H14ClN5O3S/c25-19-6-2-1-5-17(19)23(32)33-16-9-7-14(8-10-16)12-18-20(26)30-24(28-21(18)31)34-22(29-30)15-4-3-11-27-13-15/h1-13,26H/b18-12-,26-20?. The van der Waals surface area contributed by atoms with E-state index in [0.717, 1.165) is 5.56 Å². The van der Waals surface area contributed by atoms with Gasteiger partial charge in [0.1, 0.15) is 10.8 Å². The third-order valence-corrected chi connectivity index (χ3v) is 6.15. The van der Waals surface area contributed by atoms with Crippen LogP contribution in [-0.2, 0) is 4.79 Å². The van der Waals surface area contributed by atoms with Gasteiger partial charge < -0.3 is 4.74 Å². The van der Waals surface area contributed by atoms with Crippen molar-refractivity contribution in [1.82, 2.24) is 9.99 Å². The third kappa shape index (κ3) is 4.26. The number of nitrogens with one attached hydrogen (secondary N) is 1. The highest BCUT2D eigenvalue weighted by atomic mass is 35.5. The lowest BCUT2D eigenvalue weighted by Crippen LogP contribution is -2.35. The van der Waals surface area contributed by atoms with Gasteiger partial charge in [-0.15, -0.1) is 0 Å². The molecule has 166 valence electrons. The van der Waals surface area contributed by atoms with E-state index in [2.05, 4.69) is 15.1 Å². The van der Waals surface area contributed by atoms with Crippen LogP contribution < -0.4 is 4.74 Å². The van der Waals surface area contributed by atoms with Crippen LogP contribution in [-0.4, -0.2) is 37.9 Å². The van der Waals surface area contributed by atoms with Crippen LogP contribution in [0.3, 0.4) is 0 Å². The first-order valence-corrected chi connectivity index (χ1v) is 11.2. The molecule has 10 heteroatoms. The van der Waals surface area contributed by atoms with E-state index < -0.39 is 11.9 Å². The average Bonchev–Trinajstić information content (AvgIpc) is 3.28. The van der Waals surface area contributed by atoms with Crippen molar-refractivity contribution in [3.05, 3.63) is 100 Å². The number of nitrogens with zero attached hydrogens (tertiary/aromatic N) is 4. The molecule has 5 rings (SSSR count). The van der Waals surface area contributed by atoms with Crippen molar-refractivity contribution in [1.29, 1.82) is 5.41 Å². The molecule has 3 aromatic rings. The van der Waals surface area contributed by atoms with E-state index in [1.165, 1.54) is 16.8 Å². The highest BCUT2D eigenvalue weighted by Crippen LogP contribution is 2.31. The van der Waals surface area contributed by atoms with Crippen LogP contribution in [0.2, 0.25) is 5.02 Å². The third-order valence-electron chi connectivity index (χ3n) is 4.86. The molecule has 1 aromatic heterocycles. The summed E-state index contributed by atoms with van der Waals surface area (Å²) in [5, 5.41) is 15.5. The second kappa shape index (κ2) is 9.05.